The number of nitrogens with zero attached hydrogens (tertiary/aromatic N) is 1. The molecule has 2 aromatic rings. The number of quaternary nitrogens is 1. The monoisotopic (exact) mass is 386 g/mol. The molecule has 28 heavy (non-hydrogen) atoms. The van der Waals surface area contributed by atoms with Gasteiger partial charge in [-0.2, -0.15) is 0 Å². The van der Waals surface area contributed by atoms with Gasteiger partial charge in [-0.05, 0) is 43.3 Å². The summed E-state index contributed by atoms with van der Waals surface area (Å²) >= 11 is 0. The van der Waals surface area contributed by atoms with Gasteiger partial charge >= 0.3 is 0 Å². The minimum atomic E-state index is -0.503. The first kappa shape index (κ1) is 19.8. The maximum absolute atomic E-state index is 13.8. The predicted octanol–water partition coefficient (Wildman–Crippen LogP) is 1.20. The molecule has 0 atom stereocenters. The van der Waals surface area contributed by atoms with Gasteiger partial charge in [0.15, 0.2) is 6.54 Å². The predicted molar refractivity (Wildman–Crippen MR) is 104 cm³/mol. The summed E-state index contributed by atoms with van der Waals surface area (Å²) in [5.74, 6) is -0.109. The van der Waals surface area contributed by atoms with Gasteiger partial charge < -0.3 is 19.9 Å². The van der Waals surface area contributed by atoms with E-state index in [0.717, 1.165) is 16.3 Å². The fourth-order valence-electron chi connectivity index (χ4n) is 3.24. The van der Waals surface area contributed by atoms with E-state index >= 15 is 0 Å². The number of ether oxygens (including phenoxy) is 1. The van der Waals surface area contributed by atoms with Crippen LogP contribution in [0.5, 0.6) is 5.75 Å². The molecule has 0 radical (unpaired) electrons. The third kappa shape index (κ3) is 5.07. The van der Waals surface area contributed by atoms with Crippen LogP contribution in [-0.2, 0) is 4.79 Å². The van der Waals surface area contributed by atoms with E-state index in [2.05, 4.69) is 5.32 Å². The highest BCUT2D eigenvalue weighted by atomic mass is 19.1. The van der Waals surface area contributed by atoms with E-state index in [1.54, 1.807) is 17.0 Å². The highest BCUT2D eigenvalue weighted by Crippen LogP contribution is 2.15. The molecule has 0 saturated carbocycles. The van der Waals surface area contributed by atoms with Crippen LogP contribution in [0.2, 0.25) is 0 Å². The summed E-state index contributed by atoms with van der Waals surface area (Å²) in [4.78, 5) is 27.5. The maximum Gasteiger partial charge on any atom is 0.279 e. The van der Waals surface area contributed by atoms with E-state index < -0.39 is 5.82 Å². The molecule has 2 N–H and O–H groups in total. The number of halogens is 1. The SMILES string of the molecule is CCOc1ccc(NC(=O)C[NH+]2CCN(C(=O)c3ccccc3F)CC2)cc1. The standard InChI is InChI=1S/C21H24FN3O3/c1-2-28-17-9-7-16(8-10-17)23-20(26)15-24-11-13-25(14-12-24)21(27)18-5-3-4-6-19(18)22/h3-10H,2,11-15H2,1H3,(H,23,26)/p+1. The number of carbonyl (C=O) groups is 2. The van der Waals surface area contributed by atoms with Crippen molar-refractivity contribution in [1.82, 2.24) is 4.90 Å². The number of nitrogens with one attached hydrogen (secondary N) is 2. The fraction of sp³-hybridized carbons (Fsp3) is 0.333. The minimum Gasteiger partial charge on any atom is -0.494 e. The molecule has 2 aromatic carbocycles. The van der Waals surface area contributed by atoms with Crippen molar-refractivity contribution in [3.05, 3.63) is 59.9 Å². The molecule has 1 saturated heterocycles. The second-order valence-corrected chi connectivity index (χ2v) is 6.70. The summed E-state index contributed by atoms with van der Waals surface area (Å²) in [6, 6.07) is 13.3. The van der Waals surface area contributed by atoms with Crippen molar-refractivity contribution >= 4 is 17.5 Å². The lowest BCUT2D eigenvalue weighted by molar-refractivity contribution is -0.895. The fourth-order valence-corrected chi connectivity index (χ4v) is 3.24. The number of hydrogen-bond acceptors (Lipinski definition) is 3. The van der Waals surface area contributed by atoms with Crippen molar-refractivity contribution in [3.63, 3.8) is 0 Å². The molecule has 6 nitrogen and oxygen atoms in total. The highest BCUT2D eigenvalue weighted by molar-refractivity contribution is 5.94. The Hall–Kier alpha value is -2.93. The Kier molecular flexibility index (Phi) is 6.60. The van der Waals surface area contributed by atoms with Crippen LogP contribution in [0.1, 0.15) is 17.3 Å². The summed E-state index contributed by atoms with van der Waals surface area (Å²) in [5.41, 5.74) is 0.820. The molecule has 0 aromatic heterocycles. The Balaban J connectivity index is 1.46. The molecule has 7 heteroatoms. The van der Waals surface area contributed by atoms with Crippen molar-refractivity contribution in [2.24, 2.45) is 0 Å². The van der Waals surface area contributed by atoms with Crippen molar-refractivity contribution in [2.45, 2.75) is 6.92 Å². The summed E-state index contributed by atoms with van der Waals surface area (Å²) in [6.45, 7) is 5.14. The van der Waals surface area contributed by atoms with E-state index in [1.165, 1.54) is 12.1 Å². The molecule has 3 rings (SSSR count). The highest BCUT2D eigenvalue weighted by Gasteiger charge is 2.27. The average Bonchev–Trinajstić information content (AvgIpc) is 2.70. The van der Waals surface area contributed by atoms with Gasteiger partial charge in [-0.1, -0.05) is 12.1 Å². The zero-order valence-electron chi connectivity index (χ0n) is 15.9. The summed E-state index contributed by atoms with van der Waals surface area (Å²) < 4.78 is 19.2. The van der Waals surface area contributed by atoms with E-state index in [0.29, 0.717) is 39.3 Å². The number of rotatable bonds is 6. The van der Waals surface area contributed by atoms with Gasteiger partial charge in [-0.3, -0.25) is 9.59 Å². The van der Waals surface area contributed by atoms with Crippen LogP contribution in [0.4, 0.5) is 10.1 Å². The van der Waals surface area contributed by atoms with Crippen molar-refractivity contribution in [1.29, 1.82) is 0 Å². The number of hydrogen-bond donors (Lipinski definition) is 2. The zero-order valence-corrected chi connectivity index (χ0v) is 15.9. The summed E-state index contributed by atoms with van der Waals surface area (Å²) in [6.07, 6.45) is 0. The summed E-state index contributed by atoms with van der Waals surface area (Å²) in [5, 5.41) is 2.88. The van der Waals surface area contributed by atoms with Gasteiger partial charge in [0.05, 0.1) is 38.3 Å². The second kappa shape index (κ2) is 9.32. The largest absolute Gasteiger partial charge is 0.494 e. The third-order valence-corrected chi connectivity index (χ3v) is 4.72. The molecule has 148 valence electrons. The van der Waals surface area contributed by atoms with E-state index in [4.69, 9.17) is 4.74 Å². The van der Waals surface area contributed by atoms with Gasteiger partial charge in [0.1, 0.15) is 11.6 Å². The molecule has 0 spiro atoms. The van der Waals surface area contributed by atoms with Crippen LogP contribution in [0.25, 0.3) is 0 Å². The number of benzene rings is 2. The van der Waals surface area contributed by atoms with Crippen LogP contribution in [0.15, 0.2) is 48.5 Å². The Bertz CT molecular complexity index is 818. The molecule has 1 fully saturated rings. The third-order valence-electron chi connectivity index (χ3n) is 4.72. The Morgan fingerprint density at radius 1 is 1.11 bits per heavy atom. The van der Waals surface area contributed by atoms with Gasteiger partial charge in [-0.25, -0.2) is 4.39 Å². The molecule has 1 heterocycles. The Morgan fingerprint density at radius 2 is 1.79 bits per heavy atom. The number of amides is 2. The molecule has 0 bridgehead atoms. The van der Waals surface area contributed by atoms with E-state index in [9.17, 15) is 14.0 Å². The molecule has 2 amide bonds. The van der Waals surface area contributed by atoms with Crippen molar-refractivity contribution < 1.29 is 23.6 Å². The number of piperazine rings is 1. The lowest BCUT2D eigenvalue weighted by atomic mass is 10.1. The van der Waals surface area contributed by atoms with Crippen LogP contribution in [0.3, 0.4) is 0 Å². The first-order valence-corrected chi connectivity index (χ1v) is 9.47. The lowest BCUT2D eigenvalue weighted by Crippen LogP contribution is -3.15. The molecular formula is C21H25FN3O3+. The normalized spacial score (nSPS) is 14.6. The van der Waals surface area contributed by atoms with Crippen LogP contribution >= 0.6 is 0 Å². The molecular weight excluding hydrogens is 361 g/mol. The molecule has 1 aliphatic heterocycles. The molecule has 0 aliphatic carbocycles. The second-order valence-electron chi connectivity index (χ2n) is 6.70. The topological polar surface area (TPSA) is 63.1 Å². The number of anilines is 1. The van der Waals surface area contributed by atoms with Gasteiger partial charge in [0.2, 0.25) is 0 Å². The molecule has 0 unspecified atom stereocenters. The first-order chi connectivity index (χ1) is 13.6. The smallest absolute Gasteiger partial charge is 0.279 e. The van der Waals surface area contributed by atoms with Crippen molar-refractivity contribution in [2.75, 3.05) is 44.6 Å². The lowest BCUT2D eigenvalue weighted by Gasteiger charge is -2.32. The maximum atomic E-state index is 13.8. The first-order valence-electron chi connectivity index (χ1n) is 9.47. The average molecular weight is 386 g/mol. The van der Waals surface area contributed by atoms with Gasteiger partial charge in [0.25, 0.3) is 11.8 Å². The van der Waals surface area contributed by atoms with E-state index in [-0.39, 0.29) is 17.4 Å². The van der Waals surface area contributed by atoms with Gasteiger partial charge in [0, 0.05) is 5.69 Å². The van der Waals surface area contributed by atoms with Crippen molar-refractivity contribution in [3.8, 4) is 5.75 Å². The Labute approximate surface area is 163 Å². The zero-order chi connectivity index (χ0) is 19.9. The minimum absolute atomic E-state index is 0.0759. The molecule has 1 aliphatic rings. The summed E-state index contributed by atoms with van der Waals surface area (Å²) in [7, 11) is 0. The van der Waals surface area contributed by atoms with E-state index in [1.807, 2.05) is 31.2 Å². The van der Waals surface area contributed by atoms with Crippen LogP contribution < -0.4 is 15.0 Å². The van der Waals surface area contributed by atoms with Crippen LogP contribution in [0, 0.1) is 5.82 Å². The number of carbonyl (C=O) groups excluding carboxylic acids is 2. The Morgan fingerprint density at radius 3 is 2.43 bits per heavy atom. The van der Waals surface area contributed by atoms with Crippen LogP contribution in [-0.4, -0.2) is 56.0 Å². The van der Waals surface area contributed by atoms with Gasteiger partial charge in [-0.15, -0.1) is 0 Å². The quantitative estimate of drug-likeness (QED) is 0.784.